The first-order valence-corrected chi connectivity index (χ1v) is 8.80. The van der Waals surface area contributed by atoms with Gasteiger partial charge in [-0.1, -0.05) is 48.0 Å². The summed E-state index contributed by atoms with van der Waals surface area (Å²) in [5.41, 5.74) is 6.50. The van der Waals surface area contributed by atoms with Gasteiger partial charge in [0, 0.05) is 27.7 Å². The Morgan fingerprint density at radius 3 is 2.41 bits per heavy atom. The molecule has 0 saturated carbocycles. The van der Waals surface area contributed by atoms with Crippen molar-refractivity contribution in [1.29, 1.82) is 0 Å². The molecule has 0 aliphatic carbocycles. The molecule has 27 heavy (non-hydrogen) atoms. The Morgan fingerprint density at radius 2 is 1.59 bits per heavy atom. The molecule has 0 saturated heterocycles. The van der Waals surface area contributed by atoms with Crippen LogP contribution in [0.4, 0.5) is 11.4 Å². The van der Waals surface area contributed by atoms with E-state index in [4.69, 9.17) is 11.6 Å². The second-order valence-corrected chi connectivity index (χ2v) is 6.27. The highest BCUT2D eigenvalue weighted by molar-refractivity contribution is 6.30. The SMILES string of the molecule is Clc1ccc(N=N/C(=N\Nc2ccccc2)c2c[nH]c3ccccc23)cc1. The van der Waals surface area contributed by atoms with Crippen molar-refractivity contribution in [2.45, 2.75) is 0 Å². The van der Waals surface area contributed by atoms with Crippen LogP contribution in [0.3, 0.4) is 0 Å². The molecule has 0 fully saturated rings. The summed E-state index contributed by atoms with van der Waals surface area (Å²) in [5.74, 6) is 0.478. The maximum Gasteiger partial charge on any atom is 0.203 e. The van der Waals surface area contributed by atoms with Crippen molar-refractivity contribution in [2.24, 2.45) is 15.3 Å². The molecule has 0 aliphatic heterocycles. The van der Waals surface area contributed by atoms with E-state index in [-0.39, 0.29) is 0 Å². The number of benzene rings is 3. The molecule has 4 rings (SSSR count). The Hall–Kier alpha value is -3.44. The van der Waals surface area contributed by atoms with E-state index in [0.29, 0.717) is 16.5 Å². The lowest BCUT2D eigenvalue weighted by Gasteiger charge is -2.02. The van der Waals surface area contributed by atoms with Crippen molar-refractivity contribution in [3.63, 3.8) is 0 Å². The van der Waals surface area contributed by atoms with Gasteiger partial charge in [-0.25, -0.2) is 0 Å². The molecule has 6 heteroatoms. The molecule has 0 atom stereocenters. The number of azo groups is 1. The quantitative estimate of drug-likeness (QED) is 0.185. The largest absolute Gasteiger partial charge is 0.360 e. The predicted octanol–water partition coefficient (Wildman–Crippen LogP) is 6.38. The van der Waals surface area contributed by atoms with Crippen molar-refractivity contribution in [3.05, 3.63) is 95.6 Å². The number of rotatable bonds is 4. The molecule has 1 heterocycles. The molecule has 0 amide bonds. The number of nitrogens with zero attached hydrogens (tertiary/aromatic N) is 3. The maximum absolute atomic E-state index is 5.93. The number of aromatic nitrogens is 1. The molecule has 132 valence electrons. The monoisotopic (exact) mass is 373 g/mol. The first kappa shape index (κ1) is 17.0. The van der Waals surface area contributed by atoms with Crippen molar-refractivity contribution >= 4 is 39.7 Å². The molecule has 0 radical (unpaired) electrons. The molecule has 1 aromatic heterocycles. The lowest BCUT2D eigenvalue weighted by molar-refractivity contribution is 1.22. The van der Waals surface area contributed by atoms with Crippen molar-refractivity contribution in [1.82, 2.24) is 4.98 Å². The second-order valence-electron chi connectivity index (χ2n) is 5.84. The molecular weight excluding hydrogens is 358 g/mol. The van der Waals surface area contributed by atoms with Gasteiger partial charge in [0.2, 0.25) is 5.84 Å². The predicted molar refractivity (Wildman–Crippen MR) is 111 cm³/mol. The fourth-order valence-electron chi connectivity index (χ4n) is 2.64. The number of hydrazone groups is 1. The van der Waals surface area contributed by atoms with Crippen LogP contribution in [-0.4, -0.2) is 10.8 Å². The molecule has 4 aromatic rings. The number of para-hydroxylation sites is 2. The van der Waals surface area contributed by atoms with E-state index in [1.54, 1.807) is 12.1 Å². The van der Waals surface area contributed by atoms with E-state index in [1.807, 2.05) is 72.9 Å². The highest BCUT2D eigenvalue weighted by Gasteiger charge is 2.10. The number of nitrogens with one attached hydrogen (secondary N) is 2. The van der Waals surface area contributed by atoms with Crippen LogP contribution < -0.4 is 5.43 Å². The van der Waals surface area contributed by atoms with Crippen LogP contribution in [0.2, 0.25) is 5.02 Å². The minimum Gasteiger partial charge on any atom is -0.360 e. The first-order chi connectivity index (χ1) is 13.3. The zero-order valence-corrected chi connectivity index (χ0v) is 15.1. The summed E-state index contributed by atoms with van der Waals surface area (Å²) in [7, 11) is 0. The van der Waals surface area contributed by atoms with E-state index in [9.17, 15) is 0 Å². The number of aromatic amines is 1. The average molecular weight is 374 g/mol. The zero-order chi connectivity index (χ0) is 18.5. The highest BCUT2D eigenvalue weighted by atomic mass is 35.5. The smallest absolute Gasteiger partial charge is 0.203 e. The van der Waals surface area contributed by atoms with Crippen LogP contribution in [-0.2, 0) is 0 Å². The van der Waals surface area contributed by atoms with E-state index >= 15 is 0 Å². The molecule has 0 unspecified atom stereocenters. The molecule has 0 bridgehead atoms. The number of fused-ring (bicyclic) bond motifs is 1. The van der Waals surface area contributed by atoms with Crippen molar-refractivity contribution < 1.29 is 0 Å². The van der Waals surface area contributed by atoms with E-state index < -0.39 is 0 Å². The minimum absolute atomic E-state index is 0.478. The maximum atomic E-state index is 5.93. The van der Waals surface area contributed by atoms with E-state index in [1.165, 1.54) is 0 Å². The van der Waals surface area contributed by atoms with Crippen molar-refractivity contribution in [3.8, 4) is 0 Å². The minimum atomic E-state index is 0.478. The molecule has 0 aliphatic rings. The number of halogens is 1. The fraction of sp³-hybridized carbons (Fsp3) is 0. The summed E-state index contributed by atoms with van der Waals surface area (Å²) < 4.78 is 0. The van der Waals surface area contributed by atoms with Crippen molar-refractivity contribution in [2.75, 3.05) is 5.43 Å². The van der Waals surface area contributed by atoms with Crippen LogP contribution in [0.25, 0.3) is 10.9 Å². The van der Waals surface area contributed by atoms with Crippen LogP contribution in [0, 0.1) is 0 Å². The van der Waals surface area contributed by atoms with Gasteiger partial charge in [-0.2, -0.15) is 5.10 Å². The van der Waals surface area contributed by atoms with Gasteiger partial charge < -0.3 is 4.98 Å². The highest BCUT2D eigenvalue weighted by Crippen LogP contribution is 2.21. The molecule has 2 N–H and O–H groups in total. The number of hydrogen-bond acceptors (Lipinski definition) is 3. The van der Waals surface area contributed by atoms with Gasteiger partial charge in [0.15, 0.2) is 0 Å². The molecule has 0 spiro atoms. The standard InChI is InChI=1S/C21H16ClN5/c22-15-10-12-17(13-11-15)25-27-21(26-24-16-6-2-1-3-7-16)19-14-23-20-9-5-4-8-18(19)20/h1-14,23-24H/b26-21-,27-25?. The summed E-state index contributed by atoms with van der Waals surface area (Å²) in [6.45, 7) is 0. The summed E-state index contributed by atoms with van der Waals surface area (Å²) in [5, 5.41) is 14.9. The normalized spacial score (nSPS) is 12.0. The molecular formula is C21H16ClN5. The van der Waals surface area contributed by atoms with Gasteiger partial charge in [-0.05, 0) is 42.5 Å². The van der Waals surface area contributed by atoms with Gasteiger partial charge in [0.25, 0.3) is 0 Å². The summed E-state index contributed by atoms with van der Waals surface area (Å²) in [4.78, 5) is 3.24. The summed E-state index contributed by atoms with van der Waals surface area (Å²) >= 11 is 5.93. The van der Waals surface area contributed by atoms with Gasteiger partial charge >= 0.3 is 0 Å². The van der Waals surface area contributed by atoms with E-state index in [0.717, 1.165) is 22.2 Å². The van der Waals surface area contributed by atoms with Crippen LogP contribution in [0.1, 0.15) is 5.56 Å². The van der Waals surface area contributed by atoms with E-state index in [2.05, 4.69) is 25.7 Å². The molecule has 3 aromatic carbocycles. The van der Waals surface area contributed by atoms with Gasteiger partial charge in [0.05, 0.1) is 11.4 Å². The topological polar surface area (TPSA) is 64.9 Å². The third-order valence-electron chi connectivity index (χ3n) is 3.98. The third kappa shape index (κ3) is 4.04. The molecule has 5 nitrogen and oxygen atoms in total. The Bertz CT molecular complexity index is 1100. The third-order valence-corrected chi connectivity index (χ3v) is 4.23. The number of anilines is 1. The van der Waals surface area contributed by atoms with Crippen LogP contribution in [0.15, 0.2) is 100 Å². The number of hydrogen-bond donors (Lipinski definition) is 2. The Morgan fingerprint density at radius 1 is 0.852 bits per heavy atom. The number of amidine groups is 1. The zero-order valence-electron chi connectivity index (χ0n) is 14.3. The van der Waals surface area contributed by atoms with Crippen LogP contribution >= 0.6 is 11.6 Å². The average Bonchev–Trinajstić information content (AvgIpc) is 3.14. The lowest BCUT2D eigenvalue weighted by atomic mass is 10.1. The Kier molecular flexibility index (Phi) is 4.94. The second kappa shape index (κ2) is 7.85. The first-order valence-electron chi connectivity index (χ1n) is 8.42. The number of H-pyrrole nitrogens is 1. The van der Waals surface area contributed by atoms with Gasteiger partial charge in [0.1, 0.15) is 0 Å². The summed E-state index contributed by atoms with van der Waals surface area (Å²) in [6, 6.07) is 24.9. The fourth-order valence-corrected chi connectivity index (χ4v) is 2.76. The van der Waals surface area contributed by atoms with Gasteiger partial charge in [-0.15, -0.1) is 10.2 Å². The van der Waals surface area contributed by atoms with Crippen LogP contribution in [0.5, 0.6) is 0 Å². The van der Waals surface area contributed by atoms with Gasteiger partial charge in [-0.3, -0.25) is 5.43 Å². The summed E-state index contributed by atoms with van der Waals surface area (Å²) in [6.07, 6.45) is 1.89. The Labute approximate surface area is 161 Å². The Balaban J connectivity index is 1.71. The lowest BCUT2D eigenvalue weighted by Crippen LogP contribution is -2.00.